The first-order valence-corrected chi connectivity index (χ1v) is 6.02. The largest absolute Gasteiger partial charge is 0.383 e. The van der Waals surface area contributed by atoms with Crippen LogP contribution in [0.15, 0.2) is 34.8 Å². The van der Waals surface area contributed by atoms with E-state index in [4.69, 9.17) is 5.73 Å². The molecule has 3 N–H and O–H groups in total. The highest BCUT2D eigenvalue weighted by atomic mass is 79.9. The van der Waals surface area contributed by atoms with Gasteiger partial charge in [-0.1, -0.05) is 34.1 Å². The van der Waals surface area contributed by atoms with Crippen LogP contribution in [0, 0.1) is 0 Å². The zero-order chi connectivity index (χ0) is 10.7. The molecule has 2 rings (SSSR count). The number of rotatable bonds is 3. The zero-order valence-corrected chi connectivity index (χ0v) is 10.3. The maximum Gasteiger partial charge on any atom is 0.139 e. The lowest BCUT2D eigenvalue weighted by atomic mass is 10.2. The van der Waals surface area contributed by atoms with Gasteiger partial charge in [-0.2, -0.15) is 4.37 Å². The number of nitrogens with two attached hydrogens (primary N) is 1. The maximum atomic E-state index is 5.53. The number of nitrogen functional groups attached to an aromatic ring is 1. The van der Waals surface area contributed by atoms with E-state index in [2.05, 4.69) is 31.7 Å². The second-order valence-electron chi connectivity index (χ2n) is 3.06. The molecule has 1 aromatic carbocycles. The standard InChI is InChI=1S/C10H10BrN3S/c11-8-4-2-1-3-7(8)6-13-10-5-9(12)14-15-10/h1-5,13H,6H2,(H2,12,14). The lowest BCUT2D eigenvalue weighted by Gasteiger charge is -2.04. The molecule has 2 aromatic rings. The van der Waals surface area contributed by atoms with Crippen molar-refractivity contribution in [1.29, 1.82) is 0 Å². The van der Waals surface area contributed by atoms with Crippen molar-refractivity contribution in [3.05, 3.63) is 40.4 Å². The van der Waals surface area contributed by atoms with Gasteiger partial charge < -0.3 is 11.1 Å². The second-order valence-corrected chi connectivity index (χ2v) is 4.72. The van der Waals surface area contributed by atoms with Crippen LogP contribution in [0.1, 0.15) is 5.56 Å². The highest BCUT2D eigenvalue weighted by molar-refractivity contribution is 9.10. The van der Waals surface area contributed by atoms with Crippen molar-refractivity contribution in [2.75, 3.05) is 11.1 Å². The Morgan fingerprint density at radius 2 is 2.20 bits per heavy atom. The predicted molar refractivity (Wildman–Crippen MR) is 68.0 cm³/mol. The zero-order valence-electron chi connectivity index (χ0n) is 7.90. The number of hydrogen-bond acceptors (Lipinski definition) is 4. The Kier molecular flexibility index (Phi) is 3.23. The van der Waals surface area contributed by atoms with Crippen LogP contribution in [-0.2, 0) is 6.54 Å². The lowest BCUT2D eigenvalue weighted by Crippen LogP contribution is -1.98. The molecule has 0 amide bonds. The average Bonchev–Trinajstić information content (AvgIpc) is 2.63. The smallest absolute Gasteiger partial charge is 0.139 e. The number of hydrogen-bond donors (Lipinski definition) is 2. The fourth-order valence-corrected chi connectivity index (χ4v) is 2.19. The van der Waals surface area contributed by atoms with Gasteiger partial charge in [0, 0.05) is 17.1 Å². The molecule has 1 aromatic heterocycles. The van der Waals surface area contributed by atoms with E-state index < -0.39 is 0 Å². The van der Waals surface area contributed by atoms with Crippen LogP contribution in [0.2, 0.25) is 0 Å². The summed E-state index contributed by atoms with van der Waals surface area (Å²) in [7, 11) is 0. The van der Waals surface area contributed by atoms with Crippen molar-refractivity contribution < 1.29 is 0 Å². The number of nitrogens with one attached hydrogen (secondary N) is 1. The van der Waals surface area contributed by atoms with Gasteiger partial charge in [0.2, 0.25) is 0 Å². The lowest BCUT2D eigenvalue weighted by molar-refractivity contribution is 1.15. The Morgan fingerprint density at radius 1 is 1.40 bits per heavy atom. The minimum atomic E-state index is 0.564. The highest BCUT2D eigenvalue weighted by Crippen LogP contribution is 2.21. The van der Waals surface area contributed by atoms with Gasteiger partial charge in [0.15, 0.2) is 0 Å². The predicted octanol–water partition coefficient (Wildman–Crippen LogP) is 3.10. The van der Waals surface area contributed by atoms with Crippen LogP contribution in [0.3, 0.4) is 0 Å². The van der Waals surface area contributed by atoms with Crippen LogP contribution in [-0.4, -0.2) is 4.37 Å². The topological polar surface area (TPSA) is 50.9 Å². The molecule has 0 saturated heterocycles. The summed E-state index contributed by atoms with van der Waals surface area (Å²) in [5, 5.41) is 4.26. The first-order valence-electron chi connectivity index (χ1n) is 4.45. The summed E-state index contributed by atoms with van der Waals surface area (Å²) in [5.41, 5.74) is 6.74. The van der Waals surface area contributed by atoms with Crippen LogP contribution in [0.4, 0.5) is 10.8 Å². The molecular weight excluding hydrogens is 274 g/mol. The molecule has 0 aliphatic carbocycles. The number of benzene rings is 1. The molecule has 0 aliphatic heterocycles. The van der Waals surface area contributed by atoms with Crippen LogP contribution in [0.5, 0.6) is 0 Å². The molecule has 0 aliphatic rings. The van der Waals surface area contributed by atoms with E-state index in [0.29, 0.717) is 5.82 Å². The molecule has 0 unspecified atom stereocenters. The minimum absolute atomic E-state index is 0.564. The summed E-state index contributed by atoms with van der Waals surface area (Å²) in [6.07, 6.45) is 0. The SMILES string of the molecule is Nc1cc(NCc2ccccc2Br)sn1. The highest BCUT2D eigenvalue weighted by Gasteiger charge is 2.00. The van der Waals surface area contributed by atoms with Gasteiger partial charge >= 0.3 is 0 Å². The molecule has 78 valence electrons. The molecule has 0 fully saturated rings. The summed E-state index contributed by atoms with van der Waals surface area (Å²) in [6, 6.07) is 9.95. The summed E-state index contributed by atoms with van der Waals surface area (Å²) < 4.78 is 5.10. The molecule has 0 bridgehead atoms. The Morgan fingerprint density at radius 3 is 2.87 bits per heavy atom. The number of nitrogens with zero attached hydrogens (tertiary/aromatic N) is 1. The van der Waals surface area contributed by atoms with Gasteiger partial charge in [-0.15, -0.1) is 0 Å². The maximum absolute atomic E-state index is 5.53. The fraction of sp³-hybridized carbons (Fsp3) is 0.100. The van der Waals surface area contributed by atoms with Crippen LogP contribution >= 0.6 is 27.5 Å². The Balaban J connectivity index is 2.02. The third kappa shape index (κ3) is 2.70. The van der Waals surface area contributed by atoms with E-state index >= 15 is 0 Å². The van der Waals surface area contributed by atoms with E-state index in [-0.39, 0.29) is 0 Å². The van der Waals surface area contributed by atoms with Crippen LogP contribution in [0.25, 0.3) is 0 Å². The Bertz CT molecular complexity index is 455. The van der Waals surface area contributed by atoms with Gasteiger partial charge in [-0.3, -0.25) is 0 Å². The van der Waals surface area contributed by atoms with Gasteiger partial charge in [0.25, 0.3) is 0 Å². The van der Waals surface area contributed by atoms with Gasteiger partial charge in [0.1, 0.15) is 10.8 Å². The summed E-state index contributed by atoms with van der Waals surface area (Å²) in [5.74, 6) is 0.564. The third-order valence-corrected chi connectivity index (χ3v) is 3.47. The van der Waals surface area contributed by atoms with Crippen molar-refractivity contribution in [2.24, 2.45) is 0 Å². The van der Waals surface area contributed by atoms with Crippen molar-refractivity contribution in [2.45, 2.75) is 6.54 Å². The summed E-state index contributed by atoms with van der Waals surface area (Å²) in [6.45, 7) is 0.767. The average molecular weight is 284 g/mol. The van der Waals surface area contributed by atoms with E-state index in [0.717, 1.165) is 16.0 Å². The van der Waals surface area contributed by atoms with E-state index in [9.17, 15) is 0 Å². The van der Waals surface area contributed by atoms with Crippen molar-refractivity contribution in [1.82, 2.24) is 4.37 Å². The number of halogens is 1. The molecule has 0 spiro atoms. The molecular formula is C10H10BrN3S. The van der Waals surface area contributed by atoms with Gasteiger partial charge in [-0.05, 0) is 23.2 Å². The van der Waals surface area contributed by atoms with Crippen LogP contribution < -0.4 is 11.1 Å². The van der Waals surface area contributed by atoms with E-state index in [1.807, 2.05) is 24.3 Å². The fourth-order valence-electron chi connectivity index (χ4n) is 1.20. The number of aromatic nitrogens is 1. The summed E-state index contributed by atoms with van der Waals surface area (Å²) in [4.78, 5) is 0. The molecule has 3 nitrogen and oxygen atoms in total. The first-order chi connectivity index (χ1) is 7.25. The monoisotopic (exact) mass is 283 g/mol. The Labute approximate surface area is 101 Å². The van der Waals surface area contributed by atoms with E-state index in [1.165, 1.54) is 17.1 Å². The third-order valence-electron chi connectivity index (χ3n) is 1.94. The first kappa shape index (κ1) is 10.4. The molecule has 15 heavy (non-hydrogen) atoms. The molecule has 5 heteroatoms. The number of anilines is 2. The van der Waals surface area contributed by atoms with Crippen molar-refractivity contribution in [3.8, 4) is 0 Å². The molecule has 1 heterocycles. The van der Waals surface area contributed by atoms with Crippen molar-refractivity contribution >= 4 is 38.3 Å². The second kappa shape index (κ2) is 4.63. The molecule has 0 radical (unpaired) electrons. The quantitative estimate of drug-likeness (QED) is 0.910. The minimum Gasteiger partial charge on any atom is -0.383 e. The van der Waals surface area contributed by atoms with E-state index in [1.54, 1.807) is 0 Å². The van der Waals surface area contributed by atoms with Crippen molar-refractivity contribution in [3.63, 3.8) is 0 Å². The molecule has 0 saturated carbocycles. The molecule has 0 atom stereocenters. The summed E-state index contributed by atoms with van der Waals surface area (Å²) >= 11 is 4.87. The normalized spacial score (nSPS) is 10.2. The Hall–Kier alpha value is -1.07. The van der Waals surface area contributed by atoms with Gasteiger partial charge in [0.05, 0.1) is 0 Å². The van der Waals surface area contributed by atoms with Gasteiger partial charge in [-0.25, -0.2) is 0 Å².